The molecule has 0 heterocycles. The molecule has 0 aliphatic heterocycles. The molecular weight excluding hydrogens is 611 g/mol. The van der Waals surface area contributed by atoms with Crippen LogP contribution >= 0.6 is 0 Å². The first-order valence-electron chi connectivity index (χ1n) is 14.5. The minimum atomic E-state index is -5.11. The van der Waals surface area contributed by atoms with Gasteiger partial charge in [0.2, 0.25) is 23.6 Å². The average Bonchev–Trinajstić information content (AvgIpc) is 3.00. The summed E-state index contributed by atoms with van der Waals surface area (Å²) in [4.78, 5) is 63.2. The number of aliphatic hydroxyl groups is 1. The molecule has 2 rings (SSSR count). The predicted molar refractivity (Wildman–Crippen MR) is 161 cm³/mol. The summed E-state index contributed by atoms with van der Waals surface area (Å²) < 4.78 is 45.0. The van der Waals surface area contributed by atoms with E-state index in [1.165, 1.54) is 6.92 Å². The van der Waals surface area contributed by atoms with Gasteiger partial charge in [0.15, 0.2) is 12.7 Å². The van der Waals surface area contributed by atoms with E-state index in [-0.39, 0.29) is 13.0 Å². The molecule has 0 aliphatic carbocycles. The van der Waals surface area contributed by atoms with Crippen molar-refractivity contribution in [1.29, 1.82) is 0 Å². The number of ether oxygens (including phenoxy) is 1. The quantitative estimate of drug-likeness (QED) is 0.148. The van der Waals surface area contributed by atoms with Crippen LogP contribution in [-0.4, -0.2) is 77.7 Å². The molecule has 0 saturated heterocycles. The largest absolute Gasteiger partial charge is 0.484 e. The number of alkyl halides is 3. The zero-order chi connectivity index (χ0) is 34.4. The number of rotatable bonds is 17. The number of hydrogen-bond donors (Lipinski definition) is 6. The molecule has 46 heavy (non-hydrogen) atoms. The van der Waals surface area contributed by atoms with Crippen molar-refractivity contribution in [3.8, 4) is 5.75 Å². The maximum Gasteiger partial charge on any atom is 0.416 e. The van der Waals surface area contributed by atoms with Gasteiger partial charge >= 0.3 is 6.18 Å². The van der Waals surface area contributed by atoms with Crippen molar-refractivity contribution < 1.29 is 47.0 Å². The molecule has 0 radical (unpaired) electrons. The van der Waals surface area contributed by atoms with Crippen LogP contribution in [-0.2, 0) is 30.4 Å². The minimum Gasteiger partial charge on any atom is -0.484 e. The van der Waals surface area contributed by atoms with Gasteiger partial charge in [-0.25, -0.2) is 0 Å². The van der Waals surface area contributed by atoms with Crippen molar-refractivity contribution in [2.75, 3.05) is 6.61 Å². The molecule has 0 bridgehead atoms. The first-order chi connectivity index (χ1) is 21.6. The summed E-state index contributed by atoms with van der Waals surface area (Å²) >= 11 is 0. The molecule has 12 nitrogen and oxygen atoms in total. The van der Waals surface area contributed by atoms with E-state index in [4.69, 9.17) is 10.5 Å². The minimum absolute atomic E-state index is 0.0311. The topological polar surface area (TPSA) is 189 Å². The second-order valence-corrected chi connectivity index (χ2v) is 11.0. The smallest absolute Gasteiger partial charge is 0.416 e. The van der Waals surface area contributed by atoms with Gasteiger partial charge in [-0.2, -0.15) is 13.2 Å². The highest BCUT2D eigenvalue weighted by molar-refractivity contribution is 5.94. The second-order valence-electron chi connectivity index (χ2n) is 11.0. The molecule has 7 N–H and O–H groups in total. The number of nitrogens with one attached hydrogen (secondary N) is 4. The molecule has 15 heteroatoms. The fourth-order valence-corrected chi connectivity index (χ4v) is 4.26. The molecule has 5 amide bonds. The maximum absolute atomic E-state index is 13.4. The molecule has 0 aromatic heterocycles. The summed E-state index contributed by atoms with van der Waals surface area (Å²) in [6.45, 7) is 4.20. The lowest BCUT2D eigenvalue weighted by Crippen LogP contribution is -2.59. The third-order valence-electron chi connectivity index (χ3n) is 6.79. The first-order valence-corrected chi connectivity index (χ1v) is 14.5. The summed E-state index contributed by atoms with van der Waals surface area (Å²) in [5.41, 5.74) is 5.65. The van der Waals surface area contributed by atoms with Crippen LogP contribution in [0.4, 0.5) is 13.2 Å². The van der Waals surface area contributed by atoms with E-state index in [9.17, 15) is 42.3 Å². The molecule has 2 aromatic carbocycles. The van der Waals surface area contributed by atoms with Gasteiger partial charge in [0.1, 0.15) is 23.9 Å². The third kappa shape index (κ3) is 12.8. The van der Waals surface area contributed by atoms with Crippen LogP contribution in [0.25, 0.3) is 0 Å². The predicted octanol–water partition coefficient (Wildman–Crippen LogP) is 1.11. The van der Waals surface area contributed by atoms with Gasteiger partial charge in [0.05, 0.1) is 6.04 Å². The highest BCUT2D eigenvalue weighted by Gasteiger charge is 2.44. The fraction of sp³-hybridized carbons (Fsp3) is 0.452. The average molecular weight is 652 g/mol. The number of aliphatic hydroxyl groups excluding tert-OH is 1. The normalized spacial score (nSPS) is 14.6. The Morgan fingerprint density at radius 3 is 1.96 bits per heavy atom. The Labute approximate surface area is 264 Å². The van der Waals surface area contributed by atoms with Gasteiger partial charge < -0.3 is 36.8 Å². The number of halogens is 3. The Balaban J connectivity index is 2.15. The van der Waals surface area contributed by atoms with Crippen molar-refractivity contribution in [3.05, 3.63) is 66.2 Å². The highest BCUT2D eigenvalue weighted by atomic mass is 19.4. The Bertz CT molecular complexity index is 1310. The number of carbonyl (C=O) groups is 5. The monoisotopic (exact) mass is 651 g/mol. The van der Waals surface area contributed by atoms with Gasteiger partial charge in [-0.05, 0) is 37.0 Å². The van der Waals surface area contributed by atoms with Crippen LogP contribution in [0.15, 0.2) is 60.7 Å². The number of benzene rings is 2. The van der Waals surface area contributed by atoms with Crippen LogP contribution < -0.4 is 31.7 Å². The lowest BCUT2D eigenvalue weighted by Gasteiger charge is -2.28. The molecular formula is C31H40F3N5O7. The van der Waals surface area contributed by atoms with E-state index in [0.29, 0.717) is 11.3 Å². The zero-order valence-electron chi connectivity index (χ0n) is 25.7. The summed E-state index contributed by atoms with van der Waals surface area (Å²) in [7, 11) is 0. The number of primary amides is 1. The van der Waals surface area contributed by atoms with Crippen LogP contribution in [0, 0.1) is 5.92 Å². The van der Waals surface area contributed by atoms with Gasteiger partial charge in [-0.3, -0.25) is 24.0 Å². The fourth-order valence-electron chi connectivity index (χ4n) is 4.26. The molecule has 252 valence electrons. The molecule has 2 aromatic rings. The summed E-state index contributed by atoms with van der Waals surface area (Å²) in [6.07, 6.45) is -9.28. The van der Waals surface area contributed by atoms with E-state index in [1.807, 2.05) is 5.32 Å². The Morgan fingerprint density at radius 1 is 0.826 bits per heavy atom. The Morgan fingerprint density at radius 2 is 1.41 bits per heavy atom. The molecule has 0 spiro atoms. The van der Waals surface area contributed by atoms with Crippen molar-refractivity contribution >= 4 is 29.5 Å². The van der Waals surface area contributed by atoms with Gasteiger partial charge in [-0.15, -0.1) is 0 Å². The summed E-state index contributed by atoms with van der Waals surface area (Å²) in [6, 6.07) is 11.5. The number of carbonyl (C=O) groups excluding carboxylic acids is 5. The van der Waals surface area contributed by atoms with Gasteiger partial charge in [0.25, 0.3) is 5.91 Å². The lowest BCUT2D eigenvalue weighted by atomic mass is 10.0. The second kappa shape index (κ2) is 17.7. The SMILES string of the molecule is CC(C)[C@H](NC(=O)COc1ccccc1)C(=O)N[C@@H](Cc1ccccc1)C(=O)N[C@@H](C)C(=O)NC(CCC(N)=O)C(O)C(F)(F)F. The van der Waals surface area contributed by atoms with Crippen molar-refractivity contribution in [2.24, 2.45) is 11.7 Å². The number of hydrogen-bond acceptors (Lipinski definition) is 7. The van der Waals surface area contributed by atoms with Gasteiger partial charge in [-0.1, -0.05) is 62.4 Å². The van der Waals surface area contributed by atoms with Crippen molar-refractivity contribution in [3.63, 3.8) is 0 Å². The van der Waals surface area contributed by atoms with E-state index in [0.717, 1.165) is 0 Å². The van der Waals surface area contributed by atoms with E-state index < -0.39 is 84.7 Å². The molecule has 5 atom stereocenters. The van der Waals surface area contributed by atoms with E-state index in [2.05, 4.69) is 16.0 Å². The van der Waals surface area contributed by atoms with E-state index in [1.54, 1.807) is 74.5 Å². The first kappa shape index (κ1) is 37.5. The maximum atomic E-state index is 13.4. The molecule has 0 saturated carbocycles. The van der Waals surface area contributed by atoms with Crippen LogP contribution in [0.3, 0.4) is 0 Å². The lowest BCUT2D eigenvalue weighted by molar-refractivity contribution is -0.212. The molecule has 0 aliphatic rings. The summed E-state index contributed by atoms with van der Waals surface area (Å²) in [5.74, 6) is -4.10. The van der Waals surface area contributed by atoms with Crippen LogP contribution in [0.5, 0.6) is 5.75 Å². The zero-order valence-corrected chi connectivity index (χ0v) is 25.7. The van der Waals surface area contributed by atoms with Gasteiger partial charge in [0, 0.05) is 12.8 Å². The third-order valence-corrected chi connectivity index (χ3v) is 6.79. The number of amides is 5. The molecule has 0 fully saturated rings. The Kier molecular flexibility index (Phi) is 14.5. The number of para-hydroxylation sites is 1. The Hall–Kier alpha value is -4.66. The van der Waals surface area contributed by atoms with Crippen LogP contribution in [0.2, 0.25) is 0 Å². The van der Waals surface area contributed by atoms with Crippen LogP contribution in [0.1, 0.15) is 39.2 Å². The molecule has 2 unspecified atom stereocenters. The van der Waals surface area contributed by atoms with E-state index >= 15 is 0 Å². The highest BCUT2D eigenvalue weighted by Crippen LogP contribution is 2.24. The van der Waals surface area contributed by atoms with Crippen molar-refractivity contribution in [1.82, 2.24) is 21.3 Å². The standard InChI is InChI=1S/C31H40F3N5O7/c1-18(2)26(39-25(41)17-46-21-12-8-5-9-13-21)30(45)38-23(16-20-10-6-4-7-11-20)29(44)36-19(3)28(43)37-22(14-15-24(35)40)27(42)31(32,33)34/h4-13,18-19,22-23,26-27,42H,14-17H2,1-3H3,(H2,35,40)(H,36,44)(H,37,43)(H,38,45)(H,39,41)/t19-,22?,23-,26-,27?/m0/s1. The van der Waals surface area contributed by atoms with Crippen molar-refractivity contribution in [2.45, 2.75) is 76.5 Å². The number of nitrogens with two attached hydrogens (primary N) is 1. The summed E-state index contributed by atoms with van der Waals surface area (Å²) in [5, 5.41) is 19.3.